The van der Waals surface area contributed by atoms with Gasteiger partial charge < -0.3 is 9.26 Å². The van der Waals surface area contributed by atoms with Gasteiger partial charge in [-0.3, -0.25) is 14.7 Å². The molecule has 29 heavy (non-hydrogen) atoms. The molecule has 1 unspecified atom stereocenters. The third-order valence-corrected chi connectivity index (χ3v) is 6.95. The molecule has 0 heterocycles. The number of hydrogen-bond acceptors (Lipinski definition) is 5. The molecule has 0 aromatic heterocycles. The molecule has 2 rings (SSSR count). The van der Waals surface area contributed by atoms with Gasteiger partial charge in [-0.1, -0.05) is 18.5 Å². The van der Waals surface area contributed by atoms with E-state index in [2.05, 4.69) is 0 Å². The Morgan fingerprint density at radius 1 is 1.17 bits per heavy atom. The van der Waals surface area contributed by atoms with Gasteiger partial charge in [-0.05, 0) is 37.6 Å². The first-order chi connectivity index (χ1) is 13.5. The van der Waals surface area contributed by atoms with Crippen molar-refractivity contribution in [1.29, 1.82) is 0 Å². The fourth-order valence-electron chi connectivity index (χ4n) is 2.64. The molecule has 6 nitrogen and oxygen atoms in total. The lowest BCUT2D eigenvalue weighted by atomic mass is 10.2. The van der Waals surface area contributed by atoms with Crippen LogP contribution in [0.4, 0.5) is 18.9 Å². The quantitative estimate of drug-likeness (QED) is 0.263. The number of nitro benzene ring substituents is 1. The summed E-state index contributed by atoms with van der Waals surface area (Å²) in [5, 5.41) is 11.0. The second-order valence-electron chi connectivity index (χ2n) is 5.97. The van der Waals surface area contributed by atoms with E-state index in [-0.39, 0.29) is 40.3 Å². The van der Waals surface area contributed by atoms with Crippen LogP contribution < -0.4 is 10.0 Å². The highest BCUT2D eigenvalue weighted by Crippen LogP contribution is 2.49. The summed E-state index contributed by atoms with van der Waals surface area (Å²) in [5.74, 6) is -0.0514. The molecule has 11 heteroatoms. The summed E-state index contributed by atoms with van der Waals surface area (Å²) in [5.41, 5.74) is -1.33. The highest BCUT2D eigenvalue weighted by Gasteiger charge is 2.34. The second-order valence-corrected chi connectivity index (χ2v) is 8.91. The zero-order valence-electron chi connectivity index (χ0n) is 15.5. The molecule has 158 valence electrons. The third kappa shape index (κ3) is 5.50. The Morgan fingerprint density at radius 2 is 1.86 bits per heavy atom. The maximum absolute atomic E-state index is 13.2. The van der Waals surface area contributed by atoms with E-state index in [1.807, 2.05) is 0 Å². The zero-order valence-corrected chi connectivity index (χ0v) is 17.2. The summed E-state index contributed by atoms with van der Waals surface area (Å²) < 4.78 is 62.4. The van der Waals surface area contributed by atoms with Crippen molar-refractivity contribution >= 4 is 30.0 Å². The van der Waals surface area contributed by atoms with Gasteiger partial charge in [-0.25, -0.2) is 0 Å². The molecule has 0 fully saturated rings. The minimum absolute atomic E-state index is 0.0308. The number of alkyl halides is 3. The molecule has 0 N–H and O–H groups in total. The lowest BCUT2D eigenvalue weighted by molar-refractivity contribution is -0.383. The Hall–Kier alpha value is -2.09. The maximum Gasteiger partial charge on any atom is 0.416 e. The zero-order chi connectivity index (χ0) is 21.8. The second kappa shape index (κ2) is 9.15. The molecule has 0 saturated heterocycles. The van der Waals surface area contributed by atoms with Gasteiger partial charge in [-0.2, -0.15) is 13.2 Å². The summed E-state index contributed by atoms with van der Waals surface area (Å²) in [6, 6.07) is 6.13. The van der Waals surface area contributed by atoms with Gasteiger partial charge in [0.05, 0.1) is 22.1 Å². The fraction of sp³-hybridized carbons (Fsp3) is 0.333. The smallest absolute Gasteiger partial charge is 0.416 e. The van der Waals surface area contributed by atoms with E-state index in [4.69, 9.17) is 20.9 Å². The molecule has 0 saturated carbocycles. The first-order valence-corrected chi connectivity index (χ1v) is 10.8. The molecule has 2 aromatic carbocycles. The number of nitro groups is 1. The van der Waals surface area contributed by atoms with Gasteiger partial charge in [0, 0.05) is 18.3 Å². The van der Waals surface area contributed by atoms with Crippen LogP contribution in [0.25, 0.3) is 0 Å². The summed E-state index contributed by atoms with van der Waals surface area (Å²) in [7, 11) is -3.54. The van der Waals surface area contributed by atoms with Crippen LogP contribution in [0, 0.1) is 10.1 Å². The Labute approximate surface area is 170 Å². The number of rotatable bonds is 8. The van der Waals surface area contributed by atoms with E-state index >= 15 is 0 Å². The summed E-state index contributed by atoms with van der Waals surface area (Å²) in [4.78, 5) is 10.7. The minimum Gasteiger partial charge on any atom is -0.456 e. The monoisotopic (exact) mass is 451 g/mol. The minimum atomic E-state index is -4.56. The first-order valence-electron chi connectivity index (χ1n) is 8.59. The standard InChI is InChI=1S/C18H18ClF3NO5P/c1-3-9-29(26,27-4-2)17-11-13(6-7-15(17)23(24)25)28-16-8-5-12(10-14(16)19)18(20,21)22/h5-8,10-11H,3-4,9H2,1-2H3. The van der Waals surface area contributed by atoms with Gasteiger partial charge in [0.2, 0.25) is 7.37 Å². The van der Waals surface area contributed by atoms with Gasteiger partial charge in [-0.15, -0.1) is 0 Å². The third-order valence-electron chi connectivity index (χ3n) is 3.85. The van der Waals surface area contributed by atoms with Crippen LogP contribution in [0.2, 0.25) is 5.02 Å². The van der Waals surface area contributed by atoms with Crippen molar-refractivity contribution in [3.05, 3.63) is 57.1 Å². The predicted octanol–water partition coefficient (Wildman–Crippen LogP) is 6.41. The van der Waals surface area contributed by atoms with E-state index < -0.39 is 24.0 Å². The predicted molar refractivity (Wildman–Crippen MR) is 104 cm³/mol. The summed E-state index contributed by atoms with van der Waals surface area (Å²) in [6.07, 6.45) is -4.01. The number of halogens is 4. The average Bonchev–Trinajstić information content (AvgIpc) is 2.62. The Balaban J connectivity index is 2.48. The highest BCUT2D eigenvalue weighted by molar-refractivity contribution is 7.67. The molecule has 0 aliphatic carbocycles. The van der Waals surface area contributed by atoms with Crippen LogP contribution in [0.15, 0.2) is 36.4 Å². The van der Waals surface area contributed by atoms with E-state index in [1.54, 1.807) is 13.8 Å². The average molecular weight is 452 g/mol. The first kappa shape index (κ1) is 23.2. The van der Waals surface area contributed by atoms with Crippen LogP contribution in [0.1, 0.15) is 25.8 Å². The van der Waals surface area contributed by atoms with E-state index in [1.165, 1.54) is 12.1 Å². The molecule has 0 aliphatic rings. The molecular weight excluding hydrogens is 434 g/mol. The topological polar surface area (TPSA) is 78.7 Å². The maximum atomic E-state index is 13.2. The number of ether oxygens (including phenoxy) is 1. The van der Waals surface area contributed by atoms with Crippen molar-refractivity contribution in [3.8, 4) is 11.5 Å². The van der Waals surface area contributed by atoms with Crippen molar-refractivity contribution in [2.45, 2.75) is 26.4 Å². The lowest BCUT2D eigenvalue weighted by Crippen LogP contribution is -2.15. The molecule has 1 atom stereocenters. The van der Waals surface area contributed by atoms with Crippen molar-refractivity contribution in [1.82, 2.24) is 0 Å². The van der Waals surface area contributed by atoms with Gasteiger partial charge in [0.15, 0.2) is 0 Å². The van der Waals surface area contributed by atoms with Gasteiger partial charge in [0.1, 0.15) is 16.8 Å². The van der Waals surface area contributed by atoms with E-state index in [0.717, 1.165) is 18.2 Å². The van der Waals surface area contributed by atoms with E-state index in [0.29, 0.717) is 12.5 Å². The number of nitrogens with zero attached hydrogens (tertiary/aromatic N) is 1. The van der Waals surface area contributed by atoms with Crippen LogP contribution in [-0.4, -0.2) is 17.7 Å². The molecular formula is C18H18ClF3NO5P. The van der Waals surface area contributed by atoms with Crippen LogP contribution in [0.3, 0.4) is 0 Å². The SMILES string of the molecule is CCCP(=O)(OCC)c1cc(Oc2ccc(C(F)(F)F)cc2Cl)ccc1[N+](=O)[O-]. The van der Waals surface area contributed by atoms with Crippen LogP contribution >= 0.6 is 19.0 Å². The summed E-state index contributed by atoms with van der Waals surface area (Å²) >= 11 is 5.88. The molecule has 0 bridgehead atoms. The van der Waals surface area contributed by atoms with Crippen molar-refractivity contribution in [3.63, 3.8) is 0 Å². The highest BCUT2D eigenvalue weighted by atomic mass is 35.5. The molecule has 0 aliphatic heterocycles. The fourth-order valence-corrected chi connectivity index (χ4v) is 5.20. The molecule has 2 aromatic rings. The van der Waals surface area contributed by atoms with E-state index in [9.17, 15) is 27.9 Å². The number of benzene rings is 2. The molecule has 0 amide bonds. The van der Waals surface area contributed by atoms with Crippen molar-refractivity contribution in [2.75, 3.05) is 12.8 Å². The molecule has 0 radical (unpaired) electrons. The van der Waals surface area contributed by atoms with Gasteiger partial charge >= 0.3 is 6.18 Å². The van der Waals surface area contributed by atoms with Crippen LogP contribution in [0.5, 0.6) is 11.5 Å². The Morgan fingerprint density at radius 3 is 2.38 bits per heavy atom. The number of hydrogen-bond donors (Lipinski definition) is 0. The normalized spacial score (nSPS) is 13.7. The summed E-state index contributed by atoms with van der Waals surface area (Å²) in [6.45, 7) is 3.47. The Kier molecular flexibility index (Phi) is 7.32. The van der Waals surface area contributed by atoms with Crippen molar-refractivity contribution < 1.29 is 31.9 Å². The van der Waals surface area contributed by atoms with Gasteiger partial charge in [0.25, 0.3) is 5.69 Å². The largest absolute Gasteiger partial charge is 0.456 e. The molecule has 0 spiro atoms. The lowest BCUT2D eigenvalue weighted by Gasteiger charge is -2.18. The van der Waals surface area contributed by atoms with Crippen LogP contribution in [-0.2, 0) is 15.3 Å². The van der Waals surface area contributed by atoms with Crippen molar-refractivity contribution in [2.24, 2.45) is 0 Å². The Bertz CT molecular complexity index is 942.